The molecule has 1 amide bonds. The first-order valence-corrected chi connectivity index (χ1v) is 9.57. The molecule has 0 bridgehead atoms. The lowest BCUT2D eigenvalue weighted by atomic mass is 9.87. The Morgan fingerprint density at radius 2 is 2.00 bits per heavy atom. The quantitative estimate of drug-likeness (QED) is 0.768. The van der Waals surface area contributed by atoms with Gasteiger partial charge in [-0.25, -0.2) is 9.78 Å². The average Bonchev–Trinajstić information content (AvgIpc) is 3.38. The number of likely N-dealkylation sites (tertiary alicyclic amines) is 1. The third kappa shape index (κ3) is 4.16. The maximum atomic E-state index is 12.6. The fraction of sp³-hybridized carbons (Fsp3) is 0.429. The molecule has 1 saturated heterocycles. The topological polar surface area (TPSA) is 65.5 Å². The lowest BCUT2D eigenvalue weighted by molar-refractivity contribution is -0.137. The van der Waals surface area contributed by atoms with Crippen molar-refractivity contribution in [3.05, 3.63) is 59.8 Å². The SMILES string of the molecule is O=C(O)N1C[C@]2(Cc3ccccc3)C[C@H]2C[C@H]1CNc1ccc(C(F)(F)F)cn1. The van der Waals surface area contributed by atoms with E-state index >= 15 is 0 Å². The summed E-state index contributed by atoms with van der Waals surface area (Å²) in [6.45, 7) is 0.803. The number of fused-ring (bicyclic) bond motifs is 1. The summed E-state index contributed by atoms with van der Waals surface area (Å²) in [7, 11) is 0. The average molecular weight is 405 g/mol. The Kier molecular flexibility index (Phi) is 4.88. The van der Waals surface area contributed by atoms with Crippen LogP contribution in [0.1, 0.15) is 24.0 Å². The summed E-state index contributed by atoms with van der Waals surface area (Å²) in [5.41, 5.74) is 0.408. The summed E-state index contributed by atoms with van der Waals surface area (Å²) in [6.07, 6.45) is -2.00. The van der Waals surface area contributed by atoms with Crippen LogP contribution in [-0.4, -0.2) is 40.2 Å². The molecule has 0 radical (unpaired) electrons. The number of hydrogen-bond acceptors (Lipinski definition) is 3. The smallest absolute Gasteiger partial charge is 0.417 e. The van der Waals surface area contributed by atoms with Crippen LogP contribution in [0.25, 0.3) is 0 Å². The summed E-state index contributed by atoms with van der Waals surface area (Å²) in [5, 5.41) is 12.7. The maximum Gasteiger partial charge on any atom is 0.417 e. The van der Waals surface area contributed by atoms with Gasteiger partial charge in [0.1, 0.15) is 5.82 Å². The molecule has 2 N–H and O–H groups in total. The predicted octanol–water partition coefficient (Wildman–Crippen LogP) is 4.51. The number of aromatic nitrogens is 1. The van der Waals surface area contributed by atoms with Gasteiger partial charge in [-0.1, -0.05) is 30.3 Å². The van der Waals surface area contributed by atoms with Crippen LogP contribution >= 0.6 is 0 Å². The third-order valence-electron chi connectivity index (χ3n) is 6.10. The Hall–Kier alpha value is -2.77. The van der Waals surface area contributed by atoms with Gasteiger partial charge in [-0.3, -0.25) is 0 Å². The molecular formula is C21H22F3N3O2. The molecule has 5 nitrogen and oxygen atoms in total. The van der Waals surface area contributed by atoms with Crippen molar-refractivity contribution in [1.29, 1.82) is 0 Å². The molecule has 1 saturated carbocycles. The summed E-state index contributed by atoms with van der Waals surface area (Å²) < 4.78 is 37.9. The van der Waals surface area contributed by atoms with Crippen LogP contribution in [0.15, 0.2) is 48.7 Å². The number of nitrogens with zero attached hydrogens (tertiary/aromatic N) is 2. The molecular weight excluding hydrogens is 383 g/mol. The van der Waals surface area contributed by atoms with Crippen molar-refractivity contribution in [1.82, 2.24) is 9.88 Å². The molecule has 4 rings (SSSR count). The summed E-state index contributed by atoms with van der Waals surface area (Å²) in [4.78, 5) is 17.1. The number of alkyl halides is 3. The number of amides is 1. The zero-order valence-corrected chi connectivity index (χ0v) is 15.7. The molecule has 1 aromatic carbocycles. The van der Waals surface area contributed by atoms with E-state index in [1.165, 1.54) is 16.5 Å². The lowest BCUT2D eigenvalue weighted by Crippen LogP contribution is -2.50. The number of carbonyl (C=O) groups is 1. The number of halogens is 3. The largest absolute Gasteiger partial charge is 0.465 e. The van der Waals surface area contributed by atoms with E-state index in [0.717, 1.165) is 31.5 Å². The van der Waals surface area contributed by atoms with E-state index in [2.05, 4.69) is 22.4 Å². The molecule has 2 fully saturated rings. The van der Waals surface area contributed by atoms with Crippen molar-refractivity contribution in [3.63, 3.8) is 0 Å². The van der Waals surface area contributed by atoms with Gasteiger partial charge >= 0.3 is 12.3 Å². The molecule has 8 heteroatoms. The maximum absolute atomic E-state index is 12.6. The number of piperidine rings is 1. The molecule has 29 heavy (non-hydrogen) atoms. The molecule has 1 aliphatic carbocycles. The van der Waals surface area contributed by atoms with E-state index in [4.69, 9.17) is 0 Å². The van der Waals surface area contributed by atoms with Crippen molar-refractivity contribution < 1.29 is 23.1 Å². The minimum absolute atomic E-state index is 0.00283. The molecule has 1 aromatic heterocycles. The molecule has 0 unspecified atom stereocenters. The van der Waals surface area contributed by atoms with E-state index in [1.54, 1.807) is 0 Å². The second-order valence-electron chi connectivity index (χ2n) is 8.04. The van der Waals surface area contributed by atoms with Crippen LogP contribution < -0.4 is 5.32 Å². The number of benzene rings is 1. The summed E-state index contributed by atoms with van der Waals surface area (Å²) in [6, 6.07) is 12.1. The fourth-order valence-corrected chi connectivity index (χ4v) is 4.46. The van der Waals surface area contributed by atoms with Crippen LogP contribution in [0, 0.1) is 11.3 Å². The molecule has 3 atom stereocenters. The van der Waals surface area contributed by atoms with Crippen LogP contribution in [0.5, 0.6) is 0 Å². The summed E-state index contributed by atoms with van der Waals surface area (Å²) in [5.74, 6) is 0.769. The zero-order valence-electron chi connectivity index (χ0n) is 15.7. The van der Waals surface area contributed by atoms with E-state index < -0.39 is 17.8 Å². The molecule has 154 valence electrons. The van der Waals surface area contributed by atoms with Crippen molar-refractivity contribution in [2.45, 2.75) is 31.5 Å². The normalized spacial score (nSPS) is 26.0. The Balaban J connectivity index is 1.39. The number of pyridine rings is 1. The highest BCUT2D eigenvalue weighted by molar-refractivity contribution is 5.66. The van der Waals surface area contributed by atoms with Crippen LogP contribution in [0.4, 0.5) is 23.8 Å². The van der Waals surface area contributed by atoms with Gasteiger partial charge in [0.25, 0.3) is 0 Å². The Morgan fingerprint density at radius 3 is 2.62 bits per heavy atom. The van der Waals surface area contributed by atoms with E-state index in [9.17, 15) is 23.1 Å². The van der Waals surface area contributed by atoms with Crippen LogP contribution in [-0.2, 0) is 12.6 Å². The highest BCUT2D eigenvalue weighted by Crippen LogP contribution is 2.60. The standard InChI is InChI=1S/C21H22F3N3O2/c22-21(23,24)15-6-7-18(25-11-15)26-12-17-8-16-10-20(16,13-27(17)19(28)29)9-14-4-2-1-3-5-14/h1-7,11,16-17H,8-10,12-13H2,(H,25,26)(H,28,29)/t16-,17+,20+/m1/s1. The van der Waals surface area contributed by atoms with Gasteiger partial charge in [-0.05, 0) is 48.3 Å². The lowest BCUT2D eigenvalue weighted by Gasteiger charge is -2.38. The van der Waals surface area contributed by atoms with Crippen molar-refractivity contribution in [2.24, 2.45) is 11.3 Å². The second kappa shape index (κ2) is 7.24. The van der Waals surface area contributed by atoms with E-state index in [0.29, 0.717) is 24.8 Å². The Morgan fingerprint density at radius 1 is 1.24 bits per heavy atom. The highest BCUT2D eigenvalue weighted by Gasteiger charge is 2.59. The Bertz CT molecular complexity index is 873. The predicted molar refractivity (Wildman–Crippen MR) is 102 cm³/mol. The molecule has 2 heterocycles. The zero-order chi connectivity index (χ0) is 20.6. The van der Waals surface area contributed by atoms with Crippen molar-refractivity contribution in [3.8, 4) is 0 Å². The van der Waals surface area contributed by atoms with Gasteiger partial charge < -0.3 is 15.3 Å². The van der Waals surface area contributed by atoms with E-state index in [1.807, 2.05) is 18.2 Å². The molecule has 2 aliphatic rings. The number of anilines is 1. The van der Waals surface area contributed by atoms with E-state index in [-0.39, 0.29) is 11.5 Å². The summed E-state index contributed by atoms with van der Waals surface area (Å²) >= 11 is 0. The first-order valence-electron chi connectivity index (χ1n) is 9.57. The van der Waals surface area contributed by atoms with Crippen molar-refractivity contribution in [2.75, 3.05) is 18.4 Å². The first-order chi connectivity index (χ1) is 13.8. The number of nitrogens with one attached hydrogen (secondary N) is 1. The number of hydrogen-bond donors (Lipinski definition) is 2. The van der Waals surface area contributed by atoms with Crippen molar-refractivity contribution >= 4 is 11.9 Å². The van der Waals surface area contributed by atoms with Gasteiger partial charge in [0.2, 0.25) is 0 Å². The number of rotatable bonds is 5. The fourth-order valence-electron chi connectivity index (χ4n) is 4.46. The van der Waals surface area contributed by atoms with Gasteiger partial charge in [0.15, 0.2) is 0 Å². The third-order valence-corrected chi connectivity index (χ3v) is 6.10. The van der Waals surface area contributed by atoms with Gasteiger partial charge in [0.05, 0.1) is 11.6 Å². The van der Waals surface area contributed by atoms with Gasteiger partial charge in [-0.15, -0.1) is 0 Å². The molecule has 0 spiro atoms. The first kappa shape index (κ1) is 19.5. The Labute approximate surface area is 166 Å². The van der Waals surface area contributed by atoms with Crippen LogP contribution in [0.3, 0.4) is 0 Å². The second-order valence-corrected chi connectivity index (χ2v) is 8.04. The van der Waals surface area contributed by atoms with Crippen LogP contribution in [0.2, 0.25) is 0 Å². The number of carboxylic acid groups (broad SMARTS) is 1. The molecule has 2 aromatic rings. The monoisotopic (exact) mass is 405 g/mol. The van der Waals surface area contributed by atoms with Gasteiger partial charge in [0, 0.05) is 19.3 Å². The van der Waals surface area contributed by atoms with Gasteiger partial charge in [-0.2, -0.15) is 13.2 Å². The minimum atomic E-state index is -4.43. The highest BCUT2D eigenvalue weighted by atomic mass is 19.4. The minimum Gasteiger partial charge on any atom is -0.465 e. The molecule has 1 aliphatic heterocycles.